The summed E-state index contributed by atoms with van der Waals surface area (Å²) in [5.41, 5.74) is 0.471. The molecule has 1 aliphatic heterocycles. The van der Waals surface area contributed by atoms with Crippen molar-refractivity contribution < 1.29 is 19.2 Å². The predicted octanol–water partition coefficient (Wildman–Crippen LogP) is 6.01. The van der Waals surface area contributed by atoms with E-state index in [1.54, 1.807) is 24.3 Å². The maximum Gasteiger partial charge on any atom is 0.273 e. The second-order valence-corrected chi connectivity index (χ2v) is 12.9. The van der Waals surface area contributed by atoms with Crippen LogP contribution in [0.1, 0.15) is 33.6 Å². The average Bonchev–Trinajstić information content (AvgIpc) is 3.49. The zero-order valence-corrected chi connectivity index (χ0v) is 24.6. The first kappa shape index (κ1) is 27.1. The van der Waals surface area contributed by atoms with Crippen LogP contribution in [0.4, 0.5) is 0 Å². The maximum absolute atomic E-state index is 14.0. The third-order valence-electron chi connectivity index (χ3n) is 7.59. The molecule has 194 valence electrons. The number of carbonyl (C=O) groups excluding carboxylic acids is 4. The van der Waals surface area contributed by atoms with Gasteiger partial charge in [0.25, 0.3) is 17.7 Å². The SMILES string of the molecule is O=C(c1ccc(Cl)cc1)[C@H](CCCl)N(C(=O)c1ccc(Cl)cc1)N1C(=O)[C@@H]2[C@H]3C[C@@H]([C@H](Br)[C@@H]3Br)[C@@H]2C1=O. The van der Waals surface area contributed by atoms with Gasteiger partial charge in [-0.3, -0.25) is 19.2 Å². The summed E-state index contributed by atoms with van der Waals surface area (Å²) < 4.78 is 0. The van der Waals surface area contributed by atoms with Crippen molar-refractivity contribution in [1.82, 2.24) is 10.0 Å². The number of hydrogen-bond donors (Lipinski definition) is 0. The van der Waals surface area contributed by atoms with Crippen molar-refractivity contribution in [1.29, 1.82) is 0 Å². The highest BCUT2D eigenvalue weighted by Gasteiger charge is 2.68. The lowest BCUT2D eigenvalue weighted by atomic mass is 9.81. The van der Waals surface area contributed by atoms with Crippen LogP contribution in [0, 0.1) is 23.7 Å². The molecule has 0 N–H and O–H groups in total. The summed E-state index contributed by atoms with van der Waals surface area (Å²) in [7, 11) is 0. The molecule has 7 atom stereocenters. The van der Waals surface area contributed by atoms with Crippen molar-refractivity contribution in [3.8, 4) is 0 Å². The van der Waals surface area contributed by atoms with E-state index in [1.807, 2.05) is 0 Å². The summed E-state index contributed by atoms with van der Waals surface area (Å²) in [5, 5.41) is 2.81. The van der Waals surface area contributed by atoms with Crippen LogP contribution in [0.3, 0.4) is 0 Å². The Morgan fingerprint density at radius 2 is 1.32 bits per heavy atom. The molecule has 1 saturated heterocycles. The van der Waals surface area contributed by atoms with Crippen molar-refractivity contribution in [3.05, 3.63) is 69.7 Å². The molecule has 3 fully saturated rings. The highest BCUT2D eigenvalue weighted by atomic mass is 79.9. The molecular weight excluding hydrogens is 670 g/mol. The summed E-state index contributed by atoms with van der Waals surface area (Å²) in [6, 6.07) is 11.1. The van der Waals surface area contributed by atoms with Crippen molar-refractivity contribution >= 4 is 90.2 Å². The van der Waals surface area contributed by atoms with Gasteiger partial charge in [-0.15, -0.1) is 11.6 Å². The Bertz CT molecular complexity index is 1230. The molecule has 6 nitrogen and oxygen atoms in total. The lowest BCUT2D eigenvalue weighted by Gasteiger charge is -2.36. The van der Waals surface area contributed by atoms with Gasteiger partial charge in [-0.05, 0) is 73.2 Å². The summed E-state index contributed by atoms with van der Waals surface area (Å²) in [5.74, 6) is -3.22. The topological polar surface area (TPSA) is 74.8 Å². The number of halogens is 5. The molecule has 0 unspecified atom stereocenters. The van der Waals surface area contributed by atoms with E-state index in [9.17, 15) is 19.2 Å². The van der Waals surface area contributed by atoms with Gasteiger partial charge in [0.2, 0.25) is 0 Å². The van der Waals surface area contributed by atoms with Crippen LogP contribution < -0.4 is 0 Å². The number of ketones is 1. The van der Waals surface area contributed by atoms with Crippen molar-refractivity contribution in [3.63, 3.8) is 0 Å². The van der Waals surface area contributed by atoms with E-state index in [0.717, 1.165) is 16.4 Å². The van der Waals surface area contributed by atoms with Crippen molar-refractivity contribution in [2.45, 2.75) is 28.5 Å². The third kappa shape index (κ3) is 4.56. The van der Waals surface area contributed by atoms with Gasteiger partial charge >= 0.3 is 0 Å². The third-order valence-corrected chi connectivity index (χ3v) is 11.5. The molecule has 1 heterocycles. The molecule has 2 bridgehead atoms. The van der Waals surface area contributed by atoms with Gasteiger partial charge in [0, 0.05) is 36.7 Å². The number of hydrogen-bond acceptors (Lipinski definition) is 4. The number of carbonyl (C=O) groups is 4. The molecule has 0 spiro atoms. The Hall–Kier alpha value is -1.45. The first-order valence-corrected chi connectivity index (χ1v) is 14.9. The van der Waals surface area contributed by atoms with Crippen LogP contribution in [0.15, 0.2) is 48.5 Å². The van der Waals surface area contributed by atoms with Gasteiger partial charge < -0.3 is 0 Å². The molecule has 0 radical (unpaired) electrons. The van der Waals surface area contributed by atoms with Crippen LogP contribution in [0.5, 0.6) is 0 Å². The summed E-state index contributed by atoms with van der Waals surface area (Å²) in [6.45, 7) is 0. The fraction of sp³-hybridized carbons (Fsp3) is 0.385. The minimum absolute atomic E-state index is 0.0235. The normalized spacial score (nSPS) is 28.9. The number of amides is 3. The lowest BCUT2D eigenvalue weighted by Crippen LogP contribution is -2.58. The lowest BCUT2D eigenvalue weighted by molar-refractivity contribution is -0.157. The molecule has 3 amide bonds. The number of hydrazine groups is 1. The highest BCUT2D eigenvalue weighted by molar-refractivity contribution is 9.12. The minimum atomic E-state index is -1.19. The number of imide groups is 1. The number of benzene rings is 2. The van der Waals surface area contributed by atoms with Gasteiger partial charge in [0.1, 0.15) is 6.04 Å². The Kier molecular flexibility index (Phi) is 7.78. The fourth-order valence-corrected chi connectivity index (χ4v) is 8.25. The van der Waals surface area contributed by atoms with Gasteiger partial charge in [0.15, 0.2) is 5.78 Å². The average molecular weight is 692 g/mol. The van der Waals surface area contributed by atoms with E-state index in [2.05, 4.69) is 31.9 Å². The quantitative estimate of drug-likeness (QED) is 0.203. The van der Waals surface area contributed by atoms with E-state index >= 15 is 0 Å². The summed E-state index contributed by atoms with van der Waals surface area (Å²) in [4.78, 5) is 55.5. The Morgan fingerprint density at radius 3 is 1.78 bits per heavy atom. The number of alkyl halides is 3. The second-order valence-electron chi connectivity index (χ2n) is 9.51. The number of fused-ring (bicyclic) bond motifs is 5. The summed E-state index contributed by atoms with van der Waals surface area (Å²) in [6.07, 6.45) is 0.774. The van der Waals surface area contributed by atoms with Crippen LogP contribution in [-0.2, 0) is 9.59 Å². The van der Waals surface area contributed by atoms with Crippen LogP contribution in [0.2, 0.25) is 10.0 Å². The monoisotopic (exact) mass is 688 g/mol. The molecule has 3 aliphatic rings. The predicted molar refractivity (Wildman–Crippen MR) is 148 cm³/mol. The number of rotatable bonds is 7. The maximum atomic E-state index is 14.0. The molecule has 37 heavy (non-hydrogen) atoms. The molecule has 2 saturated carbocycles. The molecule has 2 aromatic rings. The van der Waals surface area contributed by atoms with Gasteiger partial charge in [-0.25, -0.2) is 5.01 Å². The highest BCUT2D eigenvalue weighted by Crippen LogP contribution is 2.60. The molecule has 5 rings (SSSR count). The molecular formula is C26H21Br2Cl3N2O4. The first-order chi connectivity index (χ1) is 17.6. The van der Waals surface area contributed by atoms with E-state index < -0.39 is 41.4 Å². The number of Topliss-reactive ketones (excluding diaryl/α,β-unsaturated/α-hetero) is 1. The van der Waals surface area contributed by atoms with Gasteiger partial charge in [0.05, 0.1) is 11.8 Å². The number of nitrogens with zero attached hydrogens (tertiary/aromatic N) is 2. The van der Waals surface area contributed by atoms with Crippen molar-refractivity contribution in [2.24, 2.45) is 23.7 Å². The van der Waals surface area contributed by atoms with Crippen LogP contribution in [0.25, 0.3) is 0 Å². The Morgan fingerprint density at radius 1 is 0.865 bits per heavy atom. The van der Waals surface area contributed by atoms with Gasteiger partial charge in [-0.1, -0.05) is 55.1 Å². The van der Waals surface area contributed by atoms with E-state index in [1.165, 1.54) is 24.3 Å². The molecule has 0 aromatic heterocycles. The van der Waals surface area contributed by atoms with E-state index in [0.29, 0.717) is 10.0 Å². The second kappa shape index (κ2) is 10.6. The minimum Gasteiger partial charge on any atom is -0.292 e. The Labute approximate surface area is 245 Å². The largest absolute Gasteiger partial charge is 0.292 e. The molecule has 11 heteroatoms. The molecule has 2 aliphatic carbocycles. The van der Waals surface area contributed by atoms with E-state index in [4.69, 9.17) is 34.8 Å². The van der Waals surface area contributed by atoms with Gasteiger partial charge in [-0.2, -0.15) is 5.01 Å². The zero-order valence-electron chi connectivity index (χ0n) is 19.2. The van der Waals surface area contributed by atoms with E-state index in [-0.39, 0.29) is 44.9 Å². The summed E-state index contributed by atoms with van der Waals surface area (Å²) >= 11 is 25.5. The van der Waals surface area contributed by atoms with Crippen molar-refractivity contribution in [2.75, 3.05) is 5.88 Å². The van der Waals surface area contributed by atoms with Crippen LogP contribution >= 0.6 is 66.7 Å². The fourth-order valence-electron chi connectivity index (χ4n) is 5.92. The molecule has 2 aromatic carbocycles. The smallest absolute Gasteiger partial charge is 0.273 e. The standard InChI is InChI=1S/C26H21Br2Cl3N2O4/c27-21-16-11-17(22(21)28)20-19(16)25(36)33(26(20)37)32(24(35)13-3-7-15(31)8-4-13)18(9-10-29)23(34)12-1-5-14(30)6-2-12/h1-8,16-22H,9-11H2/t16-,17-,18+,19-,20+,21-,22+/m1/s1. The zero-order chi connectivity index (χ0) is 26.6. The van der Waals surface area contributed by atoms with Crippen LogP contribution in [-0.4, -0.2) is 55.1 Å². The first-order valence-electron chi connectivity index (χ1n) is 11.8. The Balaban J connectivity index is 1.59.